The largest absolute Gasteiger partial charge is 0.379 e. The van der Waals surface area contributed by atoms with Gasteiger partial charge in [0.15, 0.2) is 0 Å². The van der Waals surface area contributed by atoms with Crippen molar-refractivity contribution in [1.29, 1.82) is 0 Å². The second kappa shape index (κ2) is 12.3. The standard InChI is InChI=1S/C26H38FN3O3/c1-18(2)24-15-21(16-25(31)28-8-9-30-10-12-33-13-11-30)19(3)14-22(24)17-29-26(32)20-4-6-23(27)7-5-20/h4-7,14,18,21-22,24H,8-13,15-17H2,1-3H3,(H,28,31)(H,29,32). The van der Waals surface area contributed by atoms with Crippen LogP contribution in [-0.2, 0) is 9.53 Å². The van der Waals surface area contributed by atoms with E-state index in [0.717, 1.165) is 39.3 Å². The minimum absolute atomic E-state index is 0.103. The van der Waals surface area contributed by atoms with E-state index in [2.05, 4.69) is 42.4 Å². The van der Waals surface area contributed by atoms with Crippen LogP contribution in [0.5, 0.6) is 0 Å². The summed E-state index contributed by atoms with van der Waals surface area (Å²) in [7, 11) is 0. The molecule has 0 spiro atoms. The molecule has 1 heterocycles. The van der Waals surface area contributed by atoms with Crippen molar-refractivity contribution in [2.45, 2.75) is 33.6 Å². The summed E-state index contributed by atoms with van der Waals surface area (Å²) < 4.78 is 18.5. The van der Waals surface area contributed by atoms with Crippen molar-refractivity contribution < 1.29 is 18.7 Å². The van der Waals surface area contributed by atoms with Crippen molar-refractivity contribution in [3.05, 3.63) is 47.3 Å². The van der Waals surface area contributed by atoms with Crippen molar-refractivity contribution in [2.24, 2.45) is 23.7 Å². The number of carbonyl (C=O) groups is 2. The Balaban J connectivity index is 1.50. The van der Waals surface area contributed by atoms with Crippen LogP contribution in [0.3, 0.4) is 0 Å². The van der Waals surface area contributed by atoms with Crippen molar-refractivity contribution in [1.82, 2.24) is 15.5 Å². The quantitative estimate of drug-likeness (QED) is 0.556. The number of halogens is 1. The first-order chi connectivity index (χ1) is 15.8. The molecule has 1 aliphatic heterocycles. The van der Waals surface area contributed by atoms with Gasteiger partial charge in [-0.3, -0.25) is 14.5 Å². The van der Waals surface area contributed by atoms with Gasteiger partial charge in [0.1, 0.15) is 5.82 Å². The van der Waals surface area contributed by atoms with E-state index >= 15 is 0 Å². The molecule has 6 nitrogen and oxygen atoms in total. The number of hydrogen-bond acceptors (Lipinski definition) is 4. The highest BCUT2D eigenvalue weighted by Gasteiger charge is 2.32. The first-order valence-corrected chi connectivity index (χ1v) is 12.1. The van der Waals surface area contributed by atoms with E-state index < -0.39 is 0 Å². The van der Waals surface area contributed by atoms with Gasteiger partial charge in [-0.25, -0.2) is 4.39 Å². The van der Waals surface area contributed by atoms with Crippen LogP contribution in [0.15, 0.2) is 35.9 Å². The zero-order valence-electron chi connectivity index (χ0n) is 20.1. The topological polar surface area (TPSA) is 70.7 Å². The number of nitrogens with one attached hydrogen (secondary N) is 2. The molecular weight excluding hydrogens is 421 g/mol. The minimum atomic E-state index is -0.353. The summed E-state index contributed by atoms with van der Waals surface area (Å²) in [6.45, 7) is 11.9. The van der Waals surface area contributed by atoms with E-state index in [1.165, 1.54) is 29.8 Å². The predicted octanol–water partition coefficient (Wildman–Crippen LogP) is 3.25. The Morgan fingerprint density at radius 1 is 1.15 bits per heavy atom. The summed E-state index contributed by atoms with van der Waals surface area (Å²) in [5, 5.41) is 6.09. The molecule has 2 amide bonds. The highest BCUT2D eigenvalue weighted by Crippen LogP contribution is 2.38. The molecule has 1 saturated heterocycles. The second-order valence-electron chi connectivity index (χ2n) is 9.64. The zero-order valence-corrected chi connectivity index (χ0v) is 20.1. The molecule has 2 aliphatic rings. The van der Waals surface area contributed by atoms with E-state index in [9.17, 15) is 14.0 Å². The summed E-state index contributed by atoms with van der Waals surface area (Å²) in [6, 6.07) is 5.60. The third-order valence-corrected chi connectivity index (χ3v) is 6.97. The Morgan fingerprint density at radius 2 is 1.85 bits per heavy atom. The molecule has 1 aliphatic carbocycles. The number of rotatable bonds is 9. The maximum Gasteiger partial charge on any atom is 0.251 e. The maximum atomic E-state index is 13.1. The maximum absolute atomic E-state index is 13.1. The van der Waals surface area contributed by atoms with Crippen molar-refractivity contribution in [2.75, 3.05) is 45.9 Å². The fourth-order valence-electron chi connectivity index (χ4n) is 4.90. The van der Waals surface area contributed by atoms with E-state index in [1.807, 2.05) is 0 Å². The normalized spacial score (nSPS) is 23.8. The molecule has 3 atom stereocenters. The fraction of sp³-hybridized carbons (Fsp3) is 0.615. The van der Waals surface area contributed by atoms with Crippen LogP contribution in [-0.4, -0.2) is 62.7 Å². The number of morpholine rings is 1. The molecule has 2 N–H and O–H groups in total. The number of ether oxygens (including phenoxy) is 1. The number of nitrogens with zero attached hydrogens (tertiary/aromatic N) is 1. The lowest BCUT2D eigenvalue weighted by atomic mass is 9.69. The molecule has 0 saturated carbocycles. The molecule has 7 heteroatoms. The van der Waals surface area contributed by atoms with Crippen LogP contribution in [0.2, 0.25) is 0 Å². The Bertz CT molecular complexity index is 819. The Hall–Kier alpha value is -2.25. The lowest BCUT2D eigenvalue weighted by Gasteiger charge is -2.37. The lowest BCUT2D eigenvalue weighted by Crippen LogP contribution is -2.42. The van der Waals surface area contributed by atoms with Gasteiger partial charge in [0.25, 0.3) is 5.91 Å². The SMILES string of the molecule is CC1=CC(CNC(=O)c2ccc(F)cc2)C(C(C)C)CC1CC(=O)NCCN1CCOCC1. The summed E-state index contributed by atoms with van der Waals surface area (Å²) in [5.74, 6) is 0.826. The molecule has 1 fully saturated rings. The summed E-state index contributed by atoms with van der Waals surface area (Å²) >= 11 is 0. The van der Waals surface area contributed by atoms with Crippen LogP contribution in [0.1, 0.15) is 44.0 Å². The highest BCUT2D eigenvalue weighted by atomic mass is 19.1. The van der Waals surface area contributed by atoms with Crippen LogP contribution in [0.25, 0.3) is 0 Å². The third-order valence-electron chi connectivity index (χ3n) is 6.97. The van der Waals surface area contributed by atoms with Gasteiger partial charge in [-0.15, -0.1) is 0 Å². The van der Waals surface area contributed by atoms with E-state index in [4.69, 9.17) is 4.74 Å². The predicted molar refractivity (Wildman–Crippen MR) is 127 cm³/mol. The molecule has 1 aromatic carbocycles. The summed E-state index contributed by atoms with van der Waals surface area (Å²) in [6.07, 6.45) is 3.68. The molecule has 1 aromatic rings. The lowest BCUT2D eigenvalue weighted by molar-refractivity contribution is -0.122. The van der Waals surface area contributed by atoms with Crippen LogP contribution in [0.4, 0.5) is 4.39 Å². The Labute approximate surface area is 196 Å². The molecule has 0 radical (unpaired) electrons. The first kappa shape index (κ1) is 25.4. The van der Waals surface area contributed by atoms with Gasteiger partial charge < -0.3 is 15.4 Å². The van der Waals surface area contributed by atoms with Gasteiger partial charge in [0, 0.05) is 44.7 Å². The van der Waals surface area contributed by atoms with Gasteiger partial charge >= 0.3 is 0 Å². The first-order valence-electron chi connectivity index (χ1n) is 12.1. The average Bonchev–Trinajstić information content (AvgIpc) is 2.80. The summed E-state index contributed by atoms with van der Waals surface area (Å²) in [5.41, 5.74) is 1.68. The molecule has 33 heavy (non-hydrogen) atoms. The molecule has 3 unspecified atom stereocenters. The fourth-order valence-corrected chi connectivity index (χ4v) is 4.90. The van der Waals surface area contributed by atoms with E-state index in [-0.39, 0.29) is 29.5 Å². The van der Waals surface area contributed by atoms with Crippen LogP contribution in [0, 0.1) is 29.5 Å². The average molecular weight is 460 g/mol. The van der Waals surface area contributed by atoms with Crippen molar-refractivity contribution in [3.63, 3.8) is 0 Å². The van der Waals surface area contributed by atoms with Crippen molar-refractivity contribution in [3.8, 4) is 0 Å². The molecule has 0 aromatic heterocycles. The van der Waals surface area contributed by atoms with Crippen LogP contribution < -0.4 is 10.6 Å². The zero-order chi connectivity index (χ0) is 23.8. The molecule has 182 valence electrons. The number of amides is 2. The molecule has 3 rings (SSSR count). The summed E-state index contributed by atoms with van der Waals surface area (Å²) in [4.78, 5) is 27.4. The van der Waals surface area contributed by atoms with Crippen molar-refractivity contribution >= 4 is 11.8 Å². The van der Waals surface area contributed by atoms with Gasteiger partial charge in [-0.1, -0.05) is 25.5 Å². The van der Waals surface area contributed by atoms with Gasteiger partial charge in [0.2, 0.25) is 5.91 Å². The third kappa shape index (κ3) is 7.64. The number of benzene rings is 1. The Morgan fingerprint density at radius 3 is 2.52 bits per heavy atom. The minimum Gasteiger partial charge on any atom is -0.379 e. The number of hydrogen-bond donors (Lipinski definition) is 2. The number of carbonyl (C=O) groups excluding carboxylic acids is 2. The van der Waals surface area contributed by atoms with E-state index in [0.29, 0.717) is 36.9 Å². The highest BCUT2D eigenvalue weighted by molar-refractivity contribution is 5.94. The smallest absolute Gasteiger partial charge is 0.251 e. The molecular formula is C26H38FN3O3. The second-order valence-corrected chi connectivity index (χ2v) is 9.64. The van der Waals surface area contributed by atoms with Gasteiger partial charge in [0.05, 0.1) is 13.2 Å². The number of allylic oxidation sites excluding steroid dienone is 1. The molecule has 0 bridgehead atoms. The van der Waals surface area contributed by atoms with Gasteiger partial charge in [-0.2, -0.15) is 0 Å². The Kier molecular flexibility index (Phi) is 9.44. The van der Waals surface area contributed by atoms with E-state index in [1.54, 1.807) is 0 Å². The van der Waals surface area contributed by atoms with Gasteiger partial charge in [-0.05, 0) is 61.3 Å². The van der Waals surface area contributed by atoms with Crippen LogP contribution >= 0.6 is 0 Å². The monoisotopic (exact) mass is 459 g/mol.